The average Bonchev–Trinajstić information content (AvgIpc) is 2.16. The van der Waals surface area contributed by atoms with Crippen molar-refractivity contribution in [3.8, 4) is 0 Å². The molecule has 1 heterocycles. The van der Waals surface area contributed by atoms with E-state index in [9.17, 15) is 9.59 Å². The molecular weight excluding hydrogens is 204 g/mol. The van der Waals surface area contributed by atoms with Gasteiger partial charge in [0, 0.05) is 32.5 Å². The number of hydrogen-bond acceptors (Lipinski definition) is 2. The Morgan fingerprint density at radius 3 is 2.31 bits per heavy atom. The van der Waals surface area contributed by atoms with Gasteiger partial charge in [-0.25, -0.2) is 0 Å². The summed E-state index contributed by atoms with van der Waals surface area (Å²) in [5.41, 5.74) is 0. The Labute approximate surface area is 97.4 Å². The van der Waals surface area contributed by atoms with Crippen LogP contribution in [0.2, 0.25) is 0 Å². The van der Waals surface area contributed by atoms with Crippen molar-refractivity contribution in [2.24, 2.45) is 5.92 Å². The number of carbonyl (C=O) groups is 2. The predicted octanol–water partition coefficient (Wildman–Crippen LogP) is 1.16. The van der Waals surface area contributed by atoms with Crippen LogP contribution in [0.5, 0.6) is 0 Å². The largest absolute Gasteiger partial charge is 0.354 e. The summed E-state index contributed by atoms with van der Waals surface area (Å²) in [4.78, 5) is 24.5. The summed E-state index contributed by atoms with van der Waals surface area (Å²) >= 11 is 0. The van der Waals surface area contributed by atoms with Crippen molar-refractivity contribution in [3.63, 3.8) is 0 Å². The van der Waals surface area contributed by atoms with Crippen molar-refractivity contribution in [2.75, 3.05) is 13.1 Å². The van der Waals surface area contributed by atoms with Crippen LogP contribution in [0.25, 0.3) is 0 Å². The van der Waals surface area contributed by atoms with Gasteiger partial charge in [-0.2, -0.15) is 0 Å². The lowest BCUT2D eigenvalue weighted by molar-refractivity contribution is -0.130. The number of hydrogen-bond donors (Lipinski definition) is 1. The lowest BCUT2D eigenvalue weighted by Gasteiger charge is -2.31. The normalized spacial score (nSPS) is 17.6. The van der Waals surface area contributed by atoms with Crippen LogP contribution < -0.4 is 5.32 Å². The van der Waals surface area contributed by atoms with Gasteiger partial charge in [0.15, 0.2) is 0 Å². The van der Waals surface area contributed by atoms with Gasteiger partial charge in [-0.1, -0.05) is 0 Å². The minimum Gasteiger partial charge on any atom is -0.354 e. The van der Waals surface area contributed by atoms with Crippen LogP contribution >= 0.6 is 0 Å². The standard InChI is InChI=1S/C12H22N2O2/c1-9(2)13-12(16)8-11-4-6-14(7-5-11)10(3)15/h9,11H,4-8H2,1-3H3,(H,13,16). The first-order valence-corrected chi connectivity index (χ1v) is 6.04. The zero-order valence-corrected chi connectivity index (χ0v) is 10.5. The molecule has 1 fully saturated rings. The summed E-state index contributed by atoms with van der Waals surface area (Å²) in [5, 5.41) is 2.90. The number of rotatable bonds is 3. The monoisotopic (exact) mass is 226 g/mol. The topological polar surface area (TPSA) is 49.4 Å². The first-order valence-electron chi connectivity index (χ1n) is 6.04. The van der Waals surface area contributed by atoms with Crippen LogP contribution in [0, 0.1) is 5.92 Å². The smallest absolute Gasteiger partial charge is 0.220 e. The molecule has 0 aromatic rings. The van der Waals surface area contributed by atoms with Gasteiger partial charge in [-0.3, -0.25) is 9.59 Å². The highest BCUT2D eigenvalue weighted by molar-refractivity contribution is 5.76. The molecule has 16 heavy (non-hydrogen) atoms. The predicted molar refractivity (Wildman–Crippen MR) is 62.9 cm³/mol. The molecule has 4 heteroatoms. The molecule has 0 saturated carbocycles. The lowest BCUT2D eigenvalue weighted by Crippen LogP contribution is -2.39. The third-order valence-electron chi connectivity index (χ3n) is 2.98. The Kier molecular flexibility index (Phi) is 4.77. The van der Waals surface area contributed by atoms with Gasteiger partial charge >= 0.3 is 0 Å². The summed E-state index contributed by atoms with van der Waals surface area (Å²) < 4.78 is 0. The molecule has 1 N–H and O–H groups in total. The maximum absolute atomic E-state index is 11.5. The molecule has 1 saturated heterocycles. The fourth-order valence-electron chi connectivity index (χ4n) is 2.10. The molecule has 92 valence electrons. The highest BCUT2D eigenvalue weighted by Gasteiger charge is 2.22. The number of piperidine rings is 1. The Hall–Kier alpha value is -1.06. The number of carbonyl (C=O) groups excluding carboxylic acids is 2. The molecule has 4 nitrogen and oxygen atoms in total. The van der Waals surface area contributed by atoms with E-state index in [1.54, 1.807) is 6.92 Å². The molecule has 0 unspecified atom stereocenters. The van der Waals surface area contributed by atoms with Crippen molar-refractivity contribution in [1.82, 2.24) is 10.2 Å². The first kappa shape index (κ1) is 13.0. The zero-order chi connectivity index (χ0) is 12.1. The molecule has 2 amide bonds. The Balaban J connectivity index is 2.26. The minimum atomic E-state index is 0.135. The van der Waals surface area contributed by atoms with E-state index >= 15 is 0 Å². The third kappa shape index (κ3) is 4.21. The lowest BCUT2D eigenvalue weighted by atomic mass is 9.93. The zero-order valence-electron chi connectivity index (χ0n) is 10.5. The van der Waals surface area contributed by atoms with Crippen LogP contribution in [0.3, 0.4) is 0 Å². The molecule has 0 aromatic heterocycles. The second kappa shape index (κ2) is 5.87. The minimum absolute atomic E-state index is 0.135. The van der Waals surface area contributed by atoms with E-state index in [2.05, 4.69) is 5.32 Å². The Morgan fingerprint density at radius 2 is 1.88 bits per heavy atom. The summed E-state index contributed by atoms with van der Waals surface area (Å²) in [6.45, 7) is 7.14. The van der Waals surface area contributed by atoms with Crippen LogP contribution in [-0.4, -0.2) is 35.8 Å². The van der Waals surface area contributed by atoms with E-state index in [1.165, 1.54) is 0 Å². The van der Waals surface area contributed by atoms with Crippen LogP contribution in [-0.2, 0) is 9.59 Å². The molecule has 0 spiro atoms. The van der Waals surface area contributed by atoms with Gasteiger partial charge in [-0.15, -0.1) is 0 Å². The molecule has 1 aliphatic rings. The molecule has 0 aliphatic carbocycles. The second-order valence-corrected chi connectivity index (χ2v) is 4.88. The number of amides is 2. The van der Waals surface area contributed by atoms with E-state index in [0.717, 1.165) is 25.9 Å². The van der Waals surface area contributed by atoms with E-state index in [-0.39, 0.29) is 17.9 Å². The van der Waals surface area contributed by atoms with Crippen LogP contribution in [0.1, 0.15) is 40.0 Å². The highest BCUT2D eigenvalue weighted by Crippen LogP contribution is 2.20. The van der Waals surface area contributed by atoms with Gasteiger partial charge in [-0.05, 0) is 32.6 Å². The Morgan fingerprint density at radius 1 is 1.31 bits per heavy atom. The summed E-state index contributed by atoms with van der Waals surface area (Å²) in [6, 6.07) is 0.213. The highest BCUT2D eigenvalue weighted by atomic mass is 16.2. The molecule has 0 bridgehead atoms. The summed E-state index contributed by atoms with van der Waals surface area (Å²) in [5.74, 6) is 0.718. The summed E-state index contributed by atoms with van der Waals surface area (Å²) in [6.07, 6.45) is 2.50. The molecule has 1 rings (SSSR count). The quantitative estimate of drug-likeness (QED) is 0.785. The van der Waals surface area contributed by atoms with Crippen molar-refractivity contribution in [1.29, 1.82) is 0 Å². The molecule has 0 atom stereocenters. The fourth-order valence-corrected chi connectivity index (χ4v) is 2.10. The van der Waals surface area contributed by atoms with Crippen molar-refractivity contribution >= 4 is 11.8 Å². The number of likely N-dealkylation sites (tertiary alicyclic amines) is 1. The molecule has 1 aliphatic heterocycles. The summed E-state index contributed by atoms with van der Waals surface area (Å²) in [7, 11) is 0. The van der Waals surface area contributed by atoms with E-state index in [1.807, 2.05) is 18.7 Å². The maximum atomic E-state index is 11.5. The van der Waals surface area contributed by atoms with Crippen LogP contribution in [0.15, 0.2) is 0 Å². The third-order valence-corrected chi connectivity index (χ3v) is 2.98. The first-order chi connectivity index (χ1) is 7.49. The van der Waals surface area contributed by atoms with E-state index in [4.69, 9.17) is 0 Å². The van der Waals surface area contributed by atoms with Crippen molar-refractivity contribution in [3.05, 3.63) is 0 Å². The van der Waals surface area contributed by atoms with Crippen molar-refractivity contribution < 1.29 is 9.59 Å². The van der Waals surface area contributed by atoms with Gasteiger partial charge in [0.25, 0.3) is 0 Å². The Bertz CT molecular complexity index is 256. The number of nitrogens with zero attached hydrogens (tertiary/aromatic N) is 1. The SMILES string of the molecule is CC(=O)N1CCC(CC(=O)NC(C)C)CC1. The fraction of sp³-hybridized carbons (Fsp3) is 0.833. The van der Waals surface area contributed by atoms with Crippen LogP contribution in [0.4, 0.5) is 0 Å². The molecule has 0 aromatic carbocycles. The average molecular weight is 226 g/mol. The van der Waals surface area contributed by atoms with Gasteiger partial charge in [0.2, 0.25) is 11.8 Å². The second-order valence-electron chi connectivity index (χ2n) is 4.88. The maximum Gasteiger partial charge on any atom is 0.220 e. The van der Waals surface area contributed by atoms with E-state index in [0.29, 0.717) is 12.3 Å². The van der Waals surface area contributed by atoms with E-state index < -0.39 is 0 Å². The van der Waals surface area contributed by atoms with Crippen molar-refractivity contribution in [2.45, 2.75) is 46.1 Å². The van der Waals surface area contributed by atoms with Gasteiger partial charge in [0.1, 0.15) is 0 Å². The molecular formula is C12H22N2O2. The number of nitrogens with one attached hydrogen (secondary N) is 1. The molecule has 0 radical (unpaired) electrons. The van der Waals surface area contributed by atoms with Gasteiger partial charge < -0.3 is 10.2 Å². The van der Waals surface area contributed by atoms with Gasteiger partial charge in [0.05, 0.1) is 0 Å².